The average molecular weight is 430 g/mol. The van der Waals surface area contributed by atoms with E-state index in [1.807, 2.05) is 6.92 Å². The molecule has 3 rings (SSSR count). The predicted octanol–water partition coefficient (Wildman–Crippen LogP) is 2.23. The molecule has 0 radical (unpaired) electrons. The summed E-state index contributed by atoms with van der Waals surface area (Å²) in [5.41, 5.74) is 2.07. The van der Waals surface area contributed by atoms with E-state index in [9.17, 15) is 14.4 Å². The fourth-order valence-corrected chi connectivity index (χ4v) is 3.86. The molecule has 0 fully saturated rings. The van der Waals surface area contributed by atoms with E-state index in [0.717, 1.165) is 5.69 Å². The van der Waals surface area contributed by atoms with E-state index < -0.39 is 17.8 Å². The minimum atomic E-state index is -0.520. The van der Waals surface area contributed by atoms with Crippen molar-refractivity contribution in [3.63, 3.8) is 0 Å². The highest BCUT2D eigenvalue weighted by Gasteiger charge is 2.16. The summed E-state index contributed by atoms with van der Waals surface area (Å²) in [5.74, 6) is -1.41. The van der Waals surface area contributed by atoms with E-state index in [1.165, 1.54) is 11.3 Å². The third kappa shape index (κ3) is 4.48. The van der Waals surface area contributed by atoms with Crippen LogP contribution in [0.4, 0.5) is 0 Å². The van der Waals surface area contributed by atoms with Gasteiger partial charge in [-0.3, -0.25) is 14.3 Å². The molecule has 0 aliphatic rings. The van der Waals surface area contributed by atoms with Crippen LogP contribution in [0, 0.1) is 6.92 Å². The van der Waals surface area contributed by atoms with Gasteiger partial charge in [0.25, 0.3) is 5.91 Å². The molecule has 2 aromatic heterocycles. The maximum absolute atomic E-state index is 12.6. The number of hydrogen-bond donors (Lipinski definition) is 0. The summed E-state index contributed by atoms with van der Waals surface area (Å²) < 4.78 is 14.0. The molecular weight excluding hydrogens is 408 g/mol. The number of rotatable bonds is 6. The smallest absolute Gasteiger partial charge is 0.338 e. The summed E-state index contributed by atoms with van der Waals surface area (Å²) in [6.45, 7) is 5.69. The topological polar surface area (TPSA) is 105 Å². The van der Waals surface area contributed by atoms with E-state index >= 15 is 0 Å². The number of fused-ring (bicyclic) bond motifs is 1. The Balaban J connectivity index is 2.11. The standard InChI is InChI=1S/C20H22N4O5S/c1-5-28-17(25)11-24-15-8-7-13(19(27)29-6-2)10-16(15)30-20(24)21-18(26)14-9-12(3)23(4)22-14/h7-10H,5-6,11H2,1-4H3. The molecule has 158 valence electrons. The number of benzene rings is 1. The molecule has 0 spiro atoms. The van der Waals surface area contributed by atoms with Gasteiger partial charge in [0.05, 0.1) is 29.0 Å². The van der Waals surface area contributed by atoms with Gasteiger partial charge in [-0.15, -0.1) is 0 Å². The molecule has 1 amide bonds. The first-order valence-electron chi connectivity index (χ1n) is 9.39. The Morgan fingerprint density at radius 2 is 1.87 bits per heavy atom. The monoisotopic (exact) mass is 430 g/mol. The molecule has 1 aromatic carbocycles. The van der Waals surface area contributed by atoms with Crippen LogP contribution < -0.4 is 4.80 Å². The van der Waals surface area contributed by atoms with Gasteiger partial charge in [-0.1, -0.05) is 11.3 Å². The summed E-state index contributed by atoms with van der Waals surface area (Å²) in [4.78, 5) is 41.3. The van der Waals surface area contributed by atoms with E-state index in [0.29, 0.717) is 20.6 Å². The maximum Gasteiger partial charge on any atom is 0.338 e. The van der Waals surface area contributed by atoms with Gasteiger partial charge in [0.1, 0.15) is 6.54 Å². The Morgan fingerprint density at radius 3 is 2.50 bits per heavy atom. The predicted molar refractivity (Wildman–Crippen MR) is 110 cm³/mol. The van der Waals surface area contributed by atoms with E-state index in [2.05, 4.69) is 10.1 Å². The number of amides is 1. The van der Waals surface area contributed by atoms with Crippen molar-refractivity contribution in [1.82, 2.24) is 14.3 Å². The Labute approximate surface area is 176 Å². The lowest BCUT2D eigenvalue weighted by molar-refractivity contribution is -0.143. The Hall–Kier alpha value is -3.27. The zero-order chi connectivity index (χ0) is 21.8. The largest absolute Gasteiger partial charge is 0.465 e. The zero-order valence-corrected chi connectivity index (χ0v) is 18.0. The number of carbonyl (C=O) groups excluding carboxylic acids is 3. The highest BCUT2D eigenvalue weighted by molar-refractivity contribution is 7.16. The first-order valence-corrected chi connectivity index (χ1v) is 10.2. The summed E-state index contributed by atoms with van der Waals surface area (Å²) in [7, 11) is 1.74. The summed E-state index contributed by atoms with van der Waals surface area (Å²) in [5, 5.41) is 4.15. The van der Waals surface area contributed by atoms with Crippen LogP contribution in [-0.2, 0) is 27.9 Å². The van der Waals surface area contributed by atoms with Gasteiger partial charge < -0.3 is 14.0 Å². The van der Waals surface area contributed by atoms with Gasteiger partial charge in [0.15, 0.2) is 10.5 Å². The van der Waals surface area contributed by atoms with Crippen LogP contribution in [0.3, 0.4) is 0 Å². The Bertz CT molecular complexity index is 1170. The lowest BCUT2D eigenvalue weighted by atomic mass is 10.2. The number of aromatic nitrogens is 3. The lowest BCUT2D eigenvalue weighted by Gasteiger charge is -2.06. The molecule has 0 atom stereocenters. The average Bonchev–Trinajstić information content (AvgIpc) is 3.21. The molecule has 30 heavy (non-hydrogen) atoms. The minimum absolute atomic E-state index is 0.111. The molecule has 0 aliphatic heterocycles. The van der Waals surface area contributed by atoms with Gasteiger partial charge in [-0.25, -0.2) is 4.79 Å². The van der Waals surface area contributed by atoms with Crippen molar-refractivity contribution in [3.8, 4) is 0 Å². The lowest BCUT2D eigenvalue weighted by Crippen LogP contribution is -2.23. The van der Waals surface area contributed by atoms with Gasteiger partial charge in [-0.05, 0) is 45.0 Å². The van der Waals surface area contributed by atoms with Crippen LogP contribution in [0.25, 0.3) is 10.2 Å². The number of hydrogen-bond acceptors (Lipinski definition) is 7. The fraction of sp³-hybridized carbons (Fsp3) is 0.350. The van der Waals surface area contributed by atoms with Crippen molar-refractivity contribution in [2.75, 3.05) is 13.2 Å². The second-order valence-corrected chi connectivity index (χ2v) is 7.40. The van der Waals surface area contributed by atoms with Crippen molar-refractivity contribution in [1.29, 1.82) is 0 Å². The second-order valence-electron chi connectivity index (χ2n) is 6.39. The van der Waals surface area contributed by atoms with Crippen LogP contribution in [0.1, 0.15) is 40.4 Å². The van der Waals surface area contributed by atoms with Crippen molar-refractivity contribution in [2.45, 2.75) is 27.3 Å². The van der Waals surface area contributed by atoms with Gasteiger partial charge in [0, 0.05) is 12.7 Å². The molecule has 2 heterocycles. The number of thiazole rings is 1. The Kier molecular flexibility index (Phi) is 6.46. The minimum Gasteiger partial charge on any atom is -0.465 e. The van der Waals surface area contributed by atoms with Crippen LogP contribution in [0.2, 0.25) is 0 Å². The zero-order valence-electron chi connectivity index (χ0n) is 17.2. The van der Waals surface area contributed by atoms with Gasteiger partial charge in [0.2, 0.25) is 0 Å². The highest BCUT2D eigenvalue weighted by atomic mass is 32.1. The molecule has 0 aliphatic carbocycles. The molecule has 0 bridgehead atoms. The van der Waals surface area contributed by atoms with Crippen molar-refractivity contribution in [2.24, 2.45) is 12.0 Å². The molecule has 0 saturated heterocycles. The third-order valence-electron chi connectivity index (χ3n) is 4.32. The second kappa shape index (κ2) is 9.04. The highest BCUT2D eigenvalue weighted by Crippen LogP contribution is 2.20. The normalized spacial score (nSPS) is 11.7. The molecule has 0 saturated carbocycles. The third-order valence-corrected chi connectivity index (χ3v) is 5.36. The fourth-order valence-electron chi connectivity index (χ4n) is 2.80. The van der Waals surface area contributed by atoms with Crippen LogP contribution in [-0.4, -0.2) is 45.4 Å². The quantitative estimate of drug-likeness (QED) is 0.556. The van der Waals surface area contributed by atoms with Gasteiger partial charge in [-0.2, -0.15) is 10.1 Å². The van der Waals surface area contributed by atoms with Crippen LogP contribution >= 0.6 is 11.3 Å². The van der Waals surface area contributed by atoms with E-state index in [1.54, 1.807) is 54.4 Å². The number of esters is 2. The number of nitrogens with zero attached hydrogens (tertiary/aromatic N) is 4. The summed E-state index contributed by atoms with van der Waals surface area (Å²) in [6.07, 6.45) is 0. The van der Waals surface area contributed by atoms with Gasteiger partial charge >= 0.3 is 11.9 Å². The van der Waals surface area contributed by atoms with Crippen molar-refractivity contribution < 1.29 is 23.9 Å². The van der Waals surface area contributed by atoms with Crippen LogP contribution in [0.5, 0.6) is 0 Å². The molecule has 0 unspecified atom stereocenters. The Morgan fingerprint density at radius 1 is 1.13 bits per heavy atom. The molecule has 0 N–H and O–H groups in total. The maximum atomic E-state index is 12.6. The first-order chi connectivity index (χ1) is 14.3. The summed E-state index contributed by atoms with van der Waals surface area (Å²) in [6, 6.07) is 6.62. The SMILES string of the molecule is CCOC(=O)Cn1c(=NC(=O)c2cc(C)n(C)n2)sc2cc(C(=O)OCC)ccc21. The van der Waals surface area contributed by atoms with Crippen molar-refractivity contribution >= 4 is 39.4 Å². The number of carbonyl (C=O) groups is 3. The summed E-state index contributed by atoms with van der Waals surface area (Å²) >= 11 is 1.19. The number of aryl methyl sites for hydroxylation is 2. The first kappa shape index (κ1) is 21.4. The molecular formula is C20H22N4O5S. The van der Waals surface area contributed by atoms with E-state index in [-0.39, 0.29) is 25.5 Å². The van der Waals surface area contributed by atoms with Crippen molar-refractivity contribution in [3.05, 3.63) is 46.0 Å². The molecule has 3 aromatic rings. The molecule has 10 heteroatoms. The van der Waals surface area contributed by atoms with Crippen LogP contribution in [0.15, 0.2) is 29.3 Å². The molecule has 9 nitrogen and oxygen atoms in total. The van der Waals surface area contributed by atoms with E-state index in [4.69, 9.17) is 9.47 Å². The number of ether oxygens (including phenoxy) is 2.